The summed E-state index contributed by atoms with van der Waals surface area (Å²) >= 11 is 0. The first kappa shape index (κ1) is 34.6. The second kappa shape index (κ2) is 11.1. The number of nitrogens with zero attached hydrogens (tertiary/aromatic N) is 3. The first-order chi connectivity index (χ1) is 30.0. The summed E-state index contributed by atoms with van der Waals surface area (Å²) in [6, 6.07) is 39.7. The average molecular weight is 800 g/mol. The van der Waals surface area contributed by atoms with Crippen molar-refractivity contribution in [3.8, 4) is 11.4 Å². The molecule has 62 heavy (non-hydrogen) atoms. The van der Waals surface area contributed by atoms with Gasteiger partial charge in [0.2, 0.25) is 0 Å². The topological polar surface area (TPSA) is 14.3 Å². The lowest BCUT2D eigenvalue weighted by Gasteiger charge is -2.35. The van der Waals surface area contributed by atoms with Gasteiger partial charge in [0.05, 0.1) is 39.0 Å². The fourth-order valence-corrected chi connectivity index (χ4v) is 13.4. The number of fused-ring (bicyclic) bond motifs is 20. The molecular weight excluding hydrogens is 749 g/mol. The number of rotatable bonds is 0. The Morgan fingerprint density at radius 3 is 1.60 bits per heavy atom. The monoisotopic (exact) mass is 799 g/mol. The van der Waals surface area contributed by atoms with Gasteiger partial charge in [0.25, 0.3) is 6.71 Å². The van der Waals surface area contributed by atoms with E-state index in [9.17, 15) is 0 Å². The van der Waals surface area contributed by atoms with E-state index in [1.54, 1.807) is 22.3 Å². The summed E-state index contributed by atoms with van der Waals surface area (Å²) in [5.41, 5.74) is 25.8. The number of hydrogen-bond donors (Lipinski definition) is 0. The average Bonchev–Trinajstić information content (AvgIpc) is 3.99. The van der Waals surface area contributed by atoms with Crippen LogP contribution < -0.4 is 16.4 Å². The van der Waals surface area contributed by atoms with Crippen LogP contribution in [-0.4, -0.2) is 20.2 Å². The molecule has 300 valence electrons. The van der Waals surface area contributed by atoms with Gasteiger partial charge in [-0.15, -0.1) is 0 Å². The predicted molar refractivity (Wildman–Crippen MR) is 265 cm³/mol. The van der Waals surface area contributed by atoms with Gasteiger partial charge in [-0.3, -0.25) is 0 Å². The van der Waals surface area contributed by atoms with Crippen molar-refractivity contribution in [2.75, 3.05) is 0 Å². The molecule has 0 amide bonds. The van der Waals surface area contributed by atoms with E-state index in [-0.39, 0.29) is 17.5 Å². The molecule has 3 nitrogen and oxygen atoms in total. The number of para-hydroxylation sites is 2. The summed E-state index contributed by atoms with van der Waals surface area (Å²) in [6.07, 6.45) is 9.80. The Morgan fingerprint density at radius 1 is 0.419 bits per heavy atom. The van der Waals surface area contributed by atoms with Gasteiger partial charge < -0.3 is 13.5 Å². The third kappa shape index (κ3) is 4.03. The maximum Gasteiger partial charge on any atom is 0.252 e. The van der Waals surface area contributed by atoms with E-state index in [0.29, 0.717) is 0 Å². The van der Waals surface area contributed by atoms with E-state index in [1.165, 1.54) is 172 Å². The molecule has 0 N–H and O–H groups in total. The molecule has 0 unspecified atom stereocenters. The van der Waals surface area contributed by atoms with Crippen molar-refractivity contribution in [1.29, 1.82) is 0 Å². The van der Waals surface area contributed by atoms with Gasteiger partial charge >= 0.3 is 0 Å². The van der Waals surface area contributed by atoms with Crippen molar-refractivity contribution in [2.24, 2.45) is 0 Å². The lowest BCUT2D eigenvalue weighted by atomic mass is 9.34. The molecule has 0 atom stereocenters. The second-order valence-corrected chi connectivity index (χ2v) is 21.8. The zero-order valence-electron chi connectivity index (χ0n) is 36.8. The minimum atomic E-state index is -0.0258. The highest BCUT2D eigenvalue weighted by Gasteiger charge is 2.45. The summed E-state index contributed by atoms with van der Waals surface area (Å²) < 4.78 is 8.28. The van der Waals surface area contributed by atoms with Crippen LogP contribution >= 0.6 is 0 Å². The maximum atomic E-state index is 2.78. The van der Waals surface area contributed by atoms with Crippen LogP contribution in [0.4, 0.5) is 0 Å². The lowest BCUT2D eigenvalue weighted by molar-refractivity contribution is 0.590. The fraction of sp³-hybridized carbons (Fsp3) is 0.276. The van der Waals surface area contributed by atoms with Crippen LogP contribution in [0.25, 0.3) is 93.1 Å². The predicted octanol–water partition coefficient (Wildman–Crippen LogP) is 12.5. The summed E-state index contributed by atoms with van der Waals surface area (Å²) in [5.74, 6) is 0. The highest BCUT2D eigenvalue weighted by Crippen LogP contribution is 2.51. The smallest absolute Gasteiger partial charge is 0.252 e. The molecule has 4 aliphatic rings. The third-order valence-electron chi connectivity index (χ3n) is 16.3. The normalized spacial score (nSPS) is 16.0. The Morgan fingerprint density at radius 2 is 0.968 bits per heavy atom. The van der Waals surface area contributed by atoms with Crippen LogP contribution in [0.5, 0.6) is 0 Å². The molecule has 15 rings (SSSR count). The Balaban J connectivity index is 1.27. The van der Waals surface area contributed by atoms with Crippen LogP contribution in [0.3, 0.4) is 0 Å². The fourth-order valence-electron chi connectivity index (χ4n) is 13.4. The minimum absolute atomic E-state index is 0.0258. The van der Waals surface area contributed by atoms with Crippen molar-refractivity contribution in [3.05, 3.63) is 130 Å². The molecule has 4 aromatic heterocycles. The first-order valence-corrected chi connectivity index (χ1v) is 23.6. The molecule has 2 aliphatic heterocycles. The lowest BCUT2D eigenvalue weighted by Crippen LogP contribution is -2.59. The third-order valence-corrected chi connectivity index (χ3v) is 16.3. The number of benzene rings is 7. The molecular formula is C58H50BN3. The van der Waals surface area contributed by atoms with E-state index in [1.807, 2.05) is 0 Å². The number of hydrogen-bond acceptors (Lipinski definition) is 0. The van der Waals surface area contributed by atoms with E-state index >= 15 is 0 Å². The Labute approximate surface area is 362 Å². The van der Waals surface area contributed by atoms with Crippen LogP contribution in [-0.2, 0) is 36.5 Å². The van der Waals surface area contributed by atoms with E-state index in [2.05, 4.69) is 152 Å². The van der Waals surface area contributed by atoms with Gasteiger partial charge in [0, 0.05) is 54.1 Å². The van der Waals surface area contributed by atoms with Crippen molar-refractivity contribution < 1.29 is 0 Å². The van der Waals surface area contributed by atoms with Crippen molar-refractivity contribution in [3.63, 3.8) is 0 Å². The van der Waals surface area contributed by atoms with Gasteiger partial charge in [-0.1, -0.05) is 90.1 Å². The number of aromatic nitrogens is 3. The molecule has 11 aromatic rings. The summed E-state index contributed by atoms with van der Waals surface area (Å²) in [5, 5.41) is 11.2. The van der Waals surface area contributed by atoms with Crippen LogP contribution in [0.2, 0.25) is 0 Å². The molecule has 0 saturated carbocycles. The SMILES string of the molecule is CC(C)(C)c1ccc2c(c1)c1cc(C(C)(C)C)cc3c1n2-c1c2c(c4c5cc6c(cc5n5c7cc8c(cc7c1c45)CCCC8)CCCC6)-n1c4ccccc4c4cccc(c41)B23. The van der Waals surface area contributed by atoms with E-state index in [4.69, 9.17) is 0 Å². The zero-order valence-corrected chi connectivity index (χ0v) is 36.8. The summed E-state index contributed by atoms with van der Waals surface area (Å²) in [4.78, 5) is 0. The molecule has 0 fully saturated rings. The van der Waals surface area contributed by atoms with Crippen LogP contribution in [0.1, 0.15) is 101 Å². The standard InChI is InChI=1S/C58H50BN3/c1-57(2,3)35-22-23-46-39(28-35)40-29-36(58(4,5)6)30-44-53(40)62(46)56-50-42-25-32-15-8-10-17-34(32)27-48(42)60-47-26-33-16-9-7-14-31(33)24-41(47)49(54(50)60)55-51(56)59(44)43-20-13-19-38-37-18-11-12-21-45(37)61(55)52(38)43/h11-13,18-30H,7-10,14-17H2,1-6H3. The second-order valence-electron chi connectivity index (χ2n) is 21.8. The van der Waals surface area contributed by atoms with Crippen molar-refractivity contribution >= 4 is 105 Å². The van der Waals surface area contributed by atoms with Crippen LogP contribution in [0.15, 0.2) is 97.1 Å². The molecule has 0 radical (unpaired) electrons. The van der Waals surface area contributed by atoms with E-state index in [0.717, 1.165) is 0 Å². The van der Waals surface area contributed by atoms with Crippen molar-refractivity contribution in [2.45, 2.75) is 104 Å². The molecule has 4 heteroatoms. The van der Waals surface area contributed by atoms with Crippen LogP contribution in [0, 0.1) is 0 Å². The van der Waals surface area contributed by atoms with Gasteiger partial charge in [0.15, 0.2) is 0 Å². The maximum absolute atomic E-state index is 2.78. The number of aryl methyl sites for hydroxylation is 4. The van der Waals surface area contributed by atoms with Gasteiger partial charge in [0.1, 0.15) is 0 Å². The highest BCUT2D eigenvalue weighted by atomic mass is 15.1. The van der Waals surface area contributed by atoms with Gasteiger partial charge in [-0.25, -0.2) is 0 Å². The van der Waals surface area contributed by atoms with Gasteiger partial charge in [-0.2, -0.15) is 0 Å². The molecule has 0 spiro atoms. The summed E-state index contributed by atoms with van der Waals surface area (Å²) in [6.45, 7) is 14.4. The largest absolute Gasteiger partial charge is 0.309 e. The molecule has 6 heterocycles. The quantitative estimate of drug-likeness (QED) is 0.136. The van der Waals surface area contributed by atoms with Gasteiger partial charge in [-0.05, 0) is 160 Å². The Hall–Kier alpha value is -6.00. The van der Waals surface area contributed by atoms with E-state index < -0.39 is 0 Å². The molecule has 0 saturated heterocycles. The molecule has 2 aliphatic carbocycles. The minimum Gasteiger partial charge on any atom is -0.309 e. The molecule has 7 aromatic carbocycles. The van der Waals surface area contributed by atoms with Crippen molar-refractivity contribution in [1.82, 2.24) is 13.5 Å². The zero-order chi connectivity index (χ0) is 41.3. The Kier molecular flexibility index (Phi) is 6.21. The molecule has 0 bridgehead atoms. The Bertz CT molecular complexity index is 3890. The summed E-state index contributed by atoms with van der Waals surface area (Å²) in [7, 11) is 0. The highest BCUT2D eigenvalue weighted by molar-refractivity contribution is 7.01. The first-order valence-electron chi connectivity index (χ1n) is 23.6.